The molecule has 1 heterocycles. The number of aliphatic hydroxyl groups is 2. The zero-order valence-electron chi connectivity index (χ0n) is 13.8. The van der Waals surface area contributed by atoms with Gasteiger partial charge in [-0.1, -0.05) is 35.9 Å². The summed E-state index contributed by atoms with van der Waals surface area (Å²) in [4.78, 5) is 0. The fourth-order valence-electron chi connectivity index (χ4n) is 3.60. The van der Waals surface area contributed by atoms with Crippen LogP contribution in [0.1, 0.15) is 11.1 Å². The number of hydrogen-bond donors (Lipinski definition) is 2. The van der Waals surface area contributed by atoms with Gasteiger partial charge in [0, 0.05) is 27.9 Å². The average Bonchev–Trinajstić information content (AvgIpc) is 3.17. The Hall–Kier alpha value is -2.35. The first-order chi connectivity index (χ1) is 12.8. The largest absolute Gasteiger partial charge is 0.425 e. The predicted molar refractivity (Wildman–Crippen MR) is 94.2 cm³/mol. The van der Waals surface area contributed by atoms with Crippen molar-refractivity contribution in [2.24, 2.45) is 0 Å². The summed E-state index contributed by atoms with van der Waals surface area (Å²) in [6, 6.07) is 8.62. The van der Waals surface area contributed by atoms with Gasteiger partial charge in [0.1, 0.15) is 0 Å². The highest BCUT2D eigenvalue weighted by Crippen LogP contribution is 2.57. The van der Waals surface area contributed by atoms with E-state index in [4.69, 9.17) is 16.7 Å². The first-order valence-electron chi connectivity index (χ1n) is 8.14. The van der Waals surface area contributed by atoms with Crippen LogP contribution in [0.5, 0.6) is 0 Å². The molecule has 1 unspecified atom stereocenters. The van der Waals surface area contributed by atoms with E-state index in [-0.39, 0.29) is 34.9 Å². The van der Waals surface area contributed by atoms with Crippen molar-refractivity contribution >= 4 is 11.6 Å². The topological polar surface area (TPSA) is 58.3 Å². The Labute approximate surface area is 157 Å². The van der Waals surface area contributed by atoms with Crippen molar-refractivity contribution in [3.63, 3.8) is 0 Å². The van der Waals surface area contributed by atoms with Gasteiger partial charge in [-0.15, -0.1) is 0 Å². The highest BCUT2D eigenvalue weighted by atomic mass is 35.5. The van der Waals surface area contributed by atoms with Crippen molar-refractivity contribution < 1.29 is 23.4 Å². The number of rotatable bonds is 3. The Bertz CT molecular complexity index is 1030. The highest BCUT2D eigenvalue weighted by molar-refractivity contribution is 6.31. The normalized spacial score (nSPS) is 18.4. The van der Waals surface area contributed by atoms with E-state index >= 15 is 0 Å². The minimum atomic E-state index is -4.92. The summed E-state index contributed by atoms with van der Waals surface area (Å²) >= 11 is 6.12. The predicted octanol–water partition coefficient (Wildman–Crippen LogP) is 3.97. The van der Waals surface area contributed by atoms with Gasteiger partial charge >= 0.3 is 6.18 Å². The molecule has 4 nitrogen and oxygen atoms in total. The lowest BCUT2D eigenvalue weighted by molar-refractivity contribution is -0.246. The number of hydrogen-bond acceptors (Lipinski definition) is 3. The summed E-state index contributed by atoms with van der Waals surface area (Å²) in [7, 11) is 0. The molecule has 0 amide bonds. The van der Waals surface area contributed by atoms with Crippen LogP contribution in [-0.2, 0) is 12.1 Å². The number of fused-ring (bicyclic) bond motifs is 3. The van der Waals surface area contributed by atoms with Crippen LogP contribution in [0.2, 0.25) is 5.02 Å². The van der Waals surface area contributed by atoms with Gasteiger partial charge in [-0.25, -0.2) is 0 Å². The molecule has 1 aliphatic rings. The van der Waals surface area contributed by atoms with E-state index in [0.29, 0.717) is 16.7 Å². The third kappa shape index (κ3) is 2.57. The van der Waals surface area contributed by atoms with E-state index in [1.54, 1.807) is 24.4 Å². The number of aliphatic hydroxyl groups excluding tert-OH is 1. The summed E-state index contributed by atoms with van der Waals surface area (Å²) < 4.78 is 43.3. The van der Waals surface area contributed by atoms with Crippen LogP contribution in [0.4, 0.5) is 13.2 Å². The monoisotopic (exact) mass is 394 g/mol. The molecule has 2 N–H and O–H groups in total. The smallest absolute Gasteiger partial charge is 0.394 e. The summed E-state index contributed by atoms with van der Waals surface area (Å²) in [5, 5.41) is 24.0. The summed E-state index contributed by atoms with van der Waals surface area (Å²) in [6.45, 7) is 0.136. The number of aromatic nitrogens is 2. The molecule has 8 heteroatoms. The van der Waals surface area contributed by atoms with Gasteiger partial charge in [-0.3, -0.25) is 4.68 Å². The molecule has 0 bridgehead atoms. The van der Waals surface area contributed by atoms with Crippen LogP contribution >= 0.6 is 11.6 Å². The average molecular weight is 395 g/mol. The van der Waals surface area contributed by atoms with Crippen LogP contribution in [0, 0.1) is 0 Å². The molecule has 140 valence electrons. The second-order valence-corrected chi connectivity index (χ2v) is 6.78. The Morgan fingerprint density at radius 3 is 2.56 bits per heavy atom. The standard InChI is InChI=1S/C19H14ClF3N2O2/c20-12-7-14(11-9-24-25(10-11)5-6-26)17-13-3-1-2-4-15(13)18(27,16(17)8-12)19(21,22)23/h1-4,7-10,26-27H,5-6H2. The SMILES string of the molecule is OCCn1cc(-c2cc(Cl)cc3c2-c2ccccc2C3(O)C(F)(F)F)cn1. The molecule has 0 aliphatic heterocycles. The number of nitrogens with zero attached hydrogens (tertiary/aromatic N) is 2. The van der Waals surface area contributed by atoms with E-state index in [2.05, 4.69) is 5.10 Å². The fourth-order valence-corrected chi connectivity index (χ4v) is 3.82. The summed E-state index contributed by atoms with van der Waals surface area (Å²) in [5.41, 5.74) is -2.10. The second-order valence-electron chi connectivity index (χ2n) is 6.35. The van der Waals surface area contributed by atoms with Crippen molar-refractivity contribution in [2.75, 3.05) is 6.61 Å². The van der Waals surface area contributed by atoms with Gasteiger partial charge in [0.15, 0.2) is 0 Å². The van der Waals surface area contributed by atoms with E-state index in [0.717, 1.165) is 6.07 Å². The van der Waals surface area contributed by atoms with Crippen molar-refractivity contribution in [3.8, 4) is 22.3 Å². The third-order valence-corrected chi connectivity index (χ3v) is 4.98. The van der Waals surface area contributed by atoms with Crippen molar-refractivity contribution in [3.05, 3.63) is 64.9 Å². The second kappa shape index (κ2) is 6.09. The highest BCUT2D eigenvalue weighted by Gasteiger charge is 2.61. The minimum Gasteiger partial charge on any atom is -0.394 e. The molecular weight excluding hydrogens is 381 g/mol. The van der Waals surface area contributed by atoms with Crippen LogP contribution in [0.25, 0.3) is 22.3 Å². The van der Waals surface area contributed by atoms with Crippen LogP contribution in [0.15, 0.2) is 48.8 Å². The Morgan fingerprint density at radius 1 is 1.11 bits per heavy atom. The maximum atomic E-state index is 13.9. The summed E-state index contributed by atoms with van der Waals surface area (Å²) in [5.74, 6) is 0. The quantitative estimate of drug-likeness (QED) is 0.706. The lowest BCUT2D eigenvalue weighted by Gasteiger charge is -2.28. The molecule has 3 aromatic rings. The van der Waals surface area contributed by atoms with Crippen molar-refractivity contribution in [2.45, 2.75) is 18.3 Å². The van der Waals surface area contributed by atoms with E-state index < -0.39 is 11.8 Å². The van der Waals surface area contributed by atoms with E-state index in [1.165, 1.54) is 23.0 Å². The first-order valence-corrected chi connectivity index (χ1v) is 8.52. The maximum Gasteiger partial charge on any atom is 0.425 e. The molecule has 2 aromatic carbocycles. The van der Waals surface area contributed by atoms with Gasteiger partial charge in [0.25, 0.3) is 0 Å². The zero-order valence-corrected chi connectivity index (χ0v) is 14.6. The van der Waals surface area contributed by atoms with E-state index in [9.17, 15) is 18.3 Å². The molecule has 4 rings (SSSR count). The maximum absolute atomic E-state index is 13.9. The number of halogens is 4. The molecule has 0 spiro atoms. The fraction of sp³-hybridized carbons (Fsp3) is 0.211. The molecule has 0 saturated heterocycles. The Kier molecular flexibility index (Phi) is 4.06. The van der Waals surface area contributed by atoms with Crippen LogP contribution in [0.3, 0.4) is 0 Å². The molecule has 27 heavy (non-hydrogen) atoms. The molecule has 1 atom stereocenters. The van der Waals surface area contributed by atoms with E-state index in [1.807, 2.05) is 0 Å². The van der Waals surface area contributed by atoms with Crippen molar-refractivity contribution in [1.29, 1.82) is 0 Å². The molecule has 0 fully saturated rings. The first kappa shape index (κ1) is 18.0. The Morgan fingerprint density at radius 2 is 1.85 bits per heavy atom. The minimum absolute atomic E-state index is 0.0779. The van der Waals surface area contributed by atoms with Crippen LogP contribution < -0.4 is 0 Å². The molecule has 0 saturated carbocycles. The number of alkyl halides is 3. The van der Waals surface area contributed by atoms with Crippen LogP contribution in [-0.4, -0.2) is 32.8 Å². The summed E-state index contributed by atoms with van der Waals surface area (Å²) in [6.07, 6.45) is -1.80. The molecule has 0 radical (unpaired) electrons. The number of benzene rings is 2. The van der Waals surface area contributed by atoms with Crippen molar-refractivity contribution in [1.82, 2.24) is 9.78 Å². The Balaban J connectivity index is 2.04. The zero-order chi connectivity index (χ0) is 19.4. The van der Waals surface area contributed by atoms with Gasteiger partial charge in [0.2, 0.25) is 5.60 Å². The van der Waals surface area contributed by atoms with Gasteiger partial charge in [-0.2, -0.15) is 18.3 Å². The van der Waals surface area contributed by atoms with Gasteiger partial charge < -0.3 is 10.2 Å². The lowest BCUT2D eigenvalue weighted by Crippen LogP contribution is -2.41. The van der Waals surface area contributed by atoms with Gasteiger partial charge in [-0.05, 0) is 28.8 Å². The lowest BCUT2D eigenvalue weighted by atomic mass is 9.89. The molecule has 1 aromatic heterocycles. The molecular formula is C19H14ClF3N2O2. The molecule has 1 aliphatic carbocycles. The van der Waals surface area contributed by atoms with Gasteiger partial charge in [0.05, 0.1) is 19.3 Å². The third-order valence-electron chi connectivity index (χ3n) is 4.76.